The van der Waals surface area contributed by atoms with E-state index in [0.717, 1.165) is 9.35 Å². The normalized spacial score (nSPS) is 11.6. The molecule has 0 aliphatic heterocycles. The van der Waals surface area contributed by atoms with Gasteiger partial charge in [0, 0.05) is 21.3 Å². The first-order valence-corrected chi connectivity index (χ1v) is 8.35. The highest BCUT2D eigenvalue weighted by atomic mass is 79.9. The standard InChI is InChI=1S/C11H11BrN2O3S2/c12-7-3-8(18-6-7)5-14-19(16,17)9-1-2-11(15)10(13)4-9/h1-4,6,14-15H,5,13H2. The average molecular weight is 363 g/mol. The van der Waals surface area contributed by atoms with E-state index in [1.54, 1.807) is 0 Å². The molecule has 0 radical (unpaired) electrons. The van der Waals surface area contributed by atoms with Gasteiger partial charge in [-0.15, -0.1) is 11.3 Å². The summed E-state index contributed by atoms with van der Waals surface area (Å²) in [6.07, 6.45) is 0. The summed E-state index contributed by atoms with van der Waals surface area (Å²) >= 11 is 4.76. The molecular weight excluding hydrogens is 352 g/mol. The Labute approximate surface area is 123 Å². The van der Waals surface area contributed by atoms with Crippen molar-refractivity contribution in [3.05, 3.63) is 39.0 Å². The van der Waals surface area contributed by atoms with Gasteiger partial charge in [0.1, 0.15) is 5.75 Å². The molecule has 0 saturated heterocycles. The van der Waals surface area contributed by atoms with Gasteiger partial charge < -0.3 is 10.8 Å². The number of hydrogen-bond acceptors (Lipinski definition) is 5. The molecule has 0 saturated carbocycles. The number of sulfonamides is 1. The van der Waals surface area contributed by atoms with Gasteiger partial charge in [-0.1, -0.05) is 0 Å². The average Bonchev–Trinajstić information content (AvgIpc) is 2.76. The predicted octanol–water partition coefficient (Wildman–Crippen LogP) is 2.28. The lowest BCUT2D eigenvalue weighted by Gasteiger charge is -2.07. The monoisotopic (exact) mass is 362 g/mol. The molecule has 0 spiro atoms. The number of thiophene rings is 1. The molecule has 1 heterocycles. The van der Waals surface area contributed by atoms with Crippen LogP contribution in [0.25, 0.3) is 0 Å². The molecule has 0 bridgehead atoms. The lowest BCUT2D eigenvalue weighted by Crippen LogP contribution is -2.22. The summed E-state index contributed by atoms with van der Waals surface area (Å²) in [6, 6.07) is 5.63. The van der Waals surface area contributed by atoms with Gasteiger partial charge in [-0.05, 0) is 40.2 Å². The third-order valence-corrected chi connectivity index (χ3v) is 5.46. The summed E-state index contributed by atoms with van der Waals surface area (Å²) in [5.41, 5.74) is 5.51. The van der Waals surface area contributed by atoms with Crippen LogP contribution in [0.15, 0.2) is 39.0 Å². The maximum absolute atomic E-state index is 12.0. The number of anilines is 1. The Morgan fingerprint density at radius 2 is 2.11 bits per heavy atom. The van der Waals surface area contributed by atoms with E-state index in [2.05, 4.69) is 20.7 Å². The largest absolute Gasteiger partial charge is 0.506 e. The fourth-order valence-corrected chi connectivity index (χ4v) is 3.92. The quantitative estimate of drug-likeness (QED) is 0.574. The zero-order chi connectivity index (χ0) is 14.0. The molecule has 102 valence electrons. The van der Waals surface area contributed by atoms with Gasteiger partial charge in [-0.25, -0.2) is 13.1 Å². The highest BCUT2D eigenvalue weighted by Gasteiger charge is 2.15. The van der Waals surface area contributed by atoms with Crippen molar-refractivity contribution in [3.63, 3.8) is 0 Å². The first-order chi connectivity index (χ1) is 8.88. The molecule has 0 aliphatic rings. The van der Waals surface area contributed by atoms with Gasteiger partial charge in [0.2, 0.25) is 10.0 Å². The molecule has 0 fully saturated rings. The molecule has 4 N–H and O–H groups in total. The third kappa shape index (κ3) is 3.47. The maximum Gasteiger partial charge on any atom is 0.240 e. The van der Waals surface area contributed by atoms with Gasteiger partial charge in [-0.2, -0.15) is 0 Å². The Balaban J connectivity index is 2.16. The second kappa shape index (κ2) is 5.49. The summed E-state index contributed by atoms with van der Waals surface area (Å²) < 4.78 is 27.4. The molecule has 5 nitrogen and oxygen atoms in total. The first-order valence-electron chi connectivity index (χ1n) is 5.19. The fraction of sp³-hybridized carbons (Fsp3) is 0.0909. The van der Waals surface area contributed by atoms with Crippen molar-refractivity contribution < 1.29 is 13.5 Å². The summed E-state index contributed by atoms with van der Waals surface area (Å²) in [5.74, 6) is -0.138. The number of nitrogens with two attached hydrogens (primary N) is 1. The van der Waals surface area contributed by atoms with Gasteiger partial charge in [0.05, 0.1) is 10.6 Å². The lowest BCUT2D eigenvalue weighted by atomic mass is 10.3. The van der Waals surface area contributed by atoms with Gasteiger partial charge in [0.15, 0.2) is 0 Å². The molecule has 19 heavy (non-hydrogen) atoms. The lowest BCUT2D eigenvalue weighted by molar-refractivity contribution is 0.477. The van der Waals surface area contributed by atoms with Crippen LogP contribution in [0.3, 0.4) is 0 Å². The van der Waals surface area contributed by atoms with Crippen molar-refractivity contribution in [2.45, 2.75) is 11.4 Å². The van der Waals surface area contributed by atoms with Crippen molar-refractivity contribution in [2.24, 2.45) is 0 Å². The zero-order valence-corrected chi connectivity index (χ0v) is 12.8. The number of benzene rings is 1. The van der Waals surface area contributed by atoms with Crippen molar-refractivity contribution in [2.75, 3.05) is 5.73 Å². The Hall–Kier alpha value is -1.09. The van der Waals surface area contributed by atoms with E-state index in [9.17, 15) is 13.5 Å². The van der Waals surface area contributed by atoms with E-state index in [-0.39, 0.29) is 22.9 Å². The molecule has 0 atom stereocenters. The number of halogens is 1. The van der Waals surface area contributed by atoms with E-state index in [1.165, 1.54) is 29.5 Å². The fourth-order valence-electron chi connectivity index (χ4n) is 1.40. The predicted molar refractivity (Wildman–Crippen MR) is 78.6 cm³/mol. The molecule has 0 aliphatic carbocycles. The zero-order valence-electron chi connectivity index (χ0n) is 9.63. The molecule has 2 aromatic rings. The molecule has 0 unspecified atom stereocenters. The summed E-state index contributed by atoms with van der Waals surface area (Å²) in [6.45, 7) is 0.208. The van der Waals surface area contributed by atoms with Crippen LogP contribution < -0.4 is 10.5 Å². The highest BCUT2D eigenvalue weighted by molar-refractivity contribution is 9.10. The Morgan fingerprint density at radius 1 is 1.37 bits per heavy atom. The minimum absolute atomic E-state index is 0.0263. The third-order valence-electron chi connectivity index (χ3n) is 2.37. The molecule has 8 heteroatoms. The van der Waals surface area contributed by atoms with Crippen LogP contribution in [0.1, 0.15) is 4.88 Å². The number of phenols is 1. The van der Waals surface area contributed by atoms with Crippen LogP contribution in [0.2, 0.25) is 0 Å². The number of rotatable bonds is 4. The van der Waals surface area contributed by atoms with Gasteiger partial charge >= 0.3 is 0 Å². The number of hydrogen-bond donors (Lipinski definition) is 3. The van der Waals surface area contributed by atoms with E-state index in [4.69, 9.17) is 5.73 Å². The molecular formula is C11H11BrN2O3S2. The Bertz CT molecular complexity index is 698. The maximum atomic E-state index is 12.0. The molecule has 2 rings (SSSR count). The Kier molecular flexibility index (Phi) is 4.14. The van der Waals surface area contributed by atoms with Crippen LogP contribution in [-0.4, -0.2) is 13.5 Å². The molecule has 1 aromatic carbocycles. The topological polar surface area (TPSA) is 92.4 Å². The van der Waals surface area contributed by atoms with Crippen molar-refractivity contribution in [1.82, 2.24) is 4.72 Å². The van der Waals surface area contributed by atoms with E-state index >= 15 is 0 Å². The van der Waals surface area contributed by atoms with E-state index in [0.29, 0.717) is 0 Å². The number of aromatic hydroxyl groups is 1. The van der Waals surface area contributed by atoms with E-state index < -0.39 is 10.0 Å². The van der Waals surface area contributed by atoms with Crippen LogP contribution in [0.4, 0.5) is 5.69 Å². The van der Waals surface area contributed by atoms with Crippen LogP contribution >= 0.6 is 27.3 Å². The minimum atomic E-state index is -3.64. The van der Waals surface area contributed by atoms with E-state index in [1.807, 2.05) is 11.4 Å². The van der Waals surface area contributed by atoms with Gasteiger partial charge in [-0.3, -0.25) is 0 Å². The molecule has 1 aromatic heterocycles. The number of phenolic OH excluding ortho intramolecular Hbond substituents is 1. The highest BCUT2D eigenvalue weighted by Crippen LogP contribution is 2.24. The number of nitrogen functional groups attached to an aromatic ring is 1. The van der Waals surface area contributed by atoms with Crippen LogP contribution in [0, 0.1) is 0 Å². The minimum Gasteiger partial charge on any atom is -0.506 e. The first kappa shape index (κ1) is 14.3. The number of nitrogens with one attached hydrogen (secondary N) is 1. The SMILES string of the molecule is Nc1cc(S(=O)(=O)NCc2cc(Br)cs2)ccc1O. The Morgan fingerprint density at radius 3 is 2.68 bits per heavy atom. The van der Waals surface area contributed by atoms with Crippen LogP contribution in [-0.2, 0) is 16.6 Å². The van der Waals surface area contributed by atoms with Gasteiger partial charge in [0.25, 0.3) is 0 Å². The van der Waals surface area contributed by atoms with Crippen molar-refractivity contribution in [3.8, 4) is 5.75 Å². The van der Waals surface area contributed by atoms with Crippen molar-refractivity contribution >= 4 is 43.0 Å². The molecule has 0 amide bonds. The second-order valence-electron chi connectivity index (χ2n) is 3.78. The smallest absolute Gasteiger partial charge is 0.240 e. The van der Waals surface area contributed by atoms with Crippen molar-refractivity contribution in [1.29, 1.82) is 0 Å². The summed E-state index contributed by atoms with van der Waals surface area (Å²) in [7, 11) is -3.64. The summed E-state index contributed by atoms with van der Waals surface area (Å²) in [4.78, 5) is 0.917. The van der Waals surface area contributed by atoms with Crippen LogP contribution in [0.5, 0.6) is 5.75 Å². The summed E-state index contributed by atoms with van der Waals surface area (Å²) in [5, 5.41) is 11.2. The second-order valence-corrected chi connectivity index (χ2v) is 7.45.